The van der Waals surface area contributed by atoms with Crippen LogP contribution in [0.3, 0.4) is 0 Å². The molecule has 0 radical (unpaired) electrons. The summed E-state index contributed by atoms with van der Waals surface area (Å²) in [7, 11) is 0. The second kappa shape index (κ2) is 4.52. The average molecular weight is 224 g/mol. The lowest BCUT2D eigenvalue weighted by molar-refractivity contribution is 0.208. The van der Waals surface area contributed by atoms with E-state index in [0.717, 1.165) is 25.9 Å². The van der Waals surface area contributed by atoms with E-state index in [2.05, 4.69) is 9.97 Å². The molecular weight excluding hydrogens is 208 g/mol. The summed E-state index contributed by atoms with van der Waals surface area (Å²) >= 11 is 0. The van der Waals surface area contributed by atoms with Crippen molar-refractivity contribution < 1.29 is 5.11 Å². The smallest absolute Gasteiger partial charge is 0.254 e. The maximum absolute atomic E-state index is 11.3. The van der Waals surface area contributed by atoms with Crippen molar-refractivity contribution in [3.05, 3.63) is 16.4 Å². The van der Waals surface area contributed by atoms with Crippen molar-refractivity contribution in [2.75, 3.05) is 30.3 Å². The van der Waals surface area contributed by atoms with Gasteiger partial charge < -0.3 is 15.7 Å². The van der Waals surface area contributed by atoms with Gasteiger partial charge in [0, 0.05) is 25.8 Å². The predicted octanol–water partition coefficient (Wildman–Crippen LogP) is -0.439. The summed E-state index contributed by atoms with van der Waals surface area (Å²) in [5, 5.41) is 9.13. The lowest BCUT2D eigenvalue weighted by Gasteiger charge is -2.32. The predicted molar refractivity (Wildman–Crippen MR) is 61.3 cm³/mol. The molecule has 88 valence electrons. The molecule has 0 bridgehead atoms. The molecule has 1 aromatic rings. The number of anilines is 2. The number of nitrogens with two attached hydrogens (primary N) is 1. The monoisotopic (exact) mass is 224 g/mol. The molecule has 1 saturated heterocycles. The van der Waals surface area contributed by atoms with Gasteiger partial charge in [-0.1, -0.05) is 0 Å². The van der Waals surface area contributed by atoms with E-state index in [1.165, 1.54) is 6.07 Å². The Kier molecular flexibility index (Phi) is 3.09. The van der Waals surface area contributed by atoms with Crippen molar-refractivity contribution in [1.82, 2.24) is 9.97 Å². The number of nitrogen functional groups attached to an aromatic ring is 1. The van der Waals surface area contributed by atoms with Gasteiger partial charge in [0.25, 0.3) is 5.56 Å². The lowest BCUT2D eigenvalue weighted by Crippen LogP contribution is -2.38. The van der Waals surface area contributed by atoms with Crippen LogP contribution in [0.4, 0.5) is 11.8 Å². The fourth-order valence-corrected chi connectivity index (χ4v) is 2.05. The molecule has 1 atom stereocenters. The first-order valence-corrected chi connectivity index (χ1v) is 5.41. The third-order valence-corrected chi connectivity index (χ3v) is 2.85. The number of hydrogen-bond donors (Lipinski definition) is 3. The molecule has 0 saturated carbocycles. The maximum Gasteiger partial charge on any atom is 0.254 e. The minimum absolute atomic E-state index is 0.133. The Bertz CT molecular complexity index is 418. The van der Waals surface area contributed by atoms with E-state index in [4.69, 9.17) is 10.8 Å². The van der Waals surface area contributed by atoms with Crippen LogP contribution in [0.15, 0.2) is 10.9 Å². The molecule has 2 heterocycles. The molecular formula is C10H16N4O2. The van der Waals surface area contributed by atoms with Crippen molar-refractivity contribution in [2.45, 2.75) is 12.8 Å². The van der Waals surface area contributed by atoms with Gasteiger partial charge in [-0.15, -0.1) is 0 Å². The highest BCUT2D eigenvalue weighted by Gasteiger charge is 2.20. The van der Waals surface area contributed by atoms with E-state index < -0.39 is 0 Å². The molecule has 2 rings (SSSR count). The van der Waals surface area contributed by atoms with Gasteiger partial charge >= 0.3 is 0 Å². The molecule has 6 nitrogen and oxygen atoms in total. The first-order chi connectivity index (χ1) is 7.69. The van der Waals surface area contributed by atoms with Crippen LogP contribution in [0.2, 0.25) is 0 Å². The topological polar surface area (TPSA) is 95.2 Å². The highest BCUT2D eigenvalue weighted by Crippen LogP contribution is 2.20. The maximum atomic E-state index is 11.3. The Morgan fingerprint density at radius 3 is 3.19 bits per heavy atom. The molecule has 0 amide bonds. The number of rotatable bonds is 2. The van der Waals surface area contributed by atoms with Crippen LogP contribution >= 0.6 is 0 Å². The normalized spacial score (nSPS) is 21.1. The van der Waals surface area contributed by atoms with Crippen LogP contribution in [0.5, 0.6) is 0 Å². The number of H-pyrrole nitrogens is 1. The number of aromatic nitrogens is 2. The molecule has 4 N–H and O–H groups in total. The zero-order chi connectivity index (χ0) is 11.5. The highest BCUT2D eigenvalue weighted by molar-refractivity contribution is 5.41. The number of nitrogens with one attached hydrogen (secondary N) is 1. The van der Waals surface area contributed by atoms with Crippen LogP contribution in [0.25, 0.3) is 0 Å². The number of aliphatic hydroxyl groups is 1. The van der Waals surface area contributed by atoms with Gasteiger partial charge in [0.05, 0.1) is 0 Å². The Hall–Kier alpha value is -1.56. The molecule has 16 heavy (non-hydrogen) atoms. The summed E-state index contributed by atoms with van der Waals surface area (Å²) in [6.07, 6.45) is 2.02. The number of aliphatic hydroxyl groups excluding tert-OH is 1. The van der Waals surface area contributed by atoms with E-state index in [1.807, 2.05) is 4.90 Å². The molecule has 0 unspecified atom stereocenters. The summed E-state index contributed by atoms with van der Waals surface area (Å²) in [5.74, 6) is 0.990. The first-order valence-electron chi connectivity index (χ1n) is 5.41. The van der Waals surface area contributed by atoms with Crippen LogP contribution in [-0.4, -0.2) is 34.8 Å². The average Bonchev–Trinajstić information content (AvgIpc) is 2.28. The Labute approximate surface area is 93.1 Å². The SMILES string of the molecule is Nc1nc(N2CCC[C@@H](CO)C2)cc(=O)[nH]1. The van der Waals surface area contributed by atoms with Crippen molar-refractivity contribution in [1.29, 1.82) is 0 Å². The zero-order valence-electron chi connectivity index (χ0n) is 9.02. The van der Waals surface area contributed by atoms with Crippen molar-refractivity contribution in [3.63, 3.8) is 0 Å². The molecule has 0 spiro atoms. The third-order valence-electron chi connectivity index (χ3n) is 2.85. The summed E-state index contributed by atoms with van der Waals surface area (Å²) in [5.41, 5.74) is 5.25. The molecule has 0 aromatic carbocycles. The summed E-state index contributed by atoms with van der Waals surface area (Å²) in [6.45, 7) is 1.76. The number of aromatic amines is 1. The van der Waals surface area contributed by atoms with Crippen molar-refractivity contribution in [2.24, 2.45) is 5.92 Å². The van der Waals surface area contributed by atoms with Crippen molar-refractivity contribution in [3.8, 4) is 0 Å². The van der Waals surface area contributed by atoms with E-state index in [0.29, 0.717) is 5.82 Å². The van der Waals surface area contributed by atoms with Crippen molar-refractivity contribution >= 4 is 11.8 Å². The van der Waals surface area contributed by atoms with Gasteiger partial charge in [0.2, 0.25) is 5.95 Å². The minimum atomic E-state index is -0.242. The summed E-state index contributed by atoms with van der Waals surface area (Å²) in [4.78, 5) is 19.8. The molecule has 0 aliphatic carbocycles. The molecule has 1 aliphatic rings. The second-order valence-corrected chi connectivity index (χ2v) is 4.13. The Balaban J connectivity index is 2.19. The van der Waals surface area contributed by atoms with Gasteiger partial charge in [0.1, 0.15) is 5.82 Å². The summed E-state index contributed by atoms with van der Waals surface area (Å²) < 4.78 is 0. The van der Waals surface area contributed by atoms with E-state index in [-0.39, 0.29) is 24.0 Å². The third kappa shape index (κ3) is 2.33. The van der Waals surface area contributed by atoms with Crippen LogP contribution in [0.1, 0.15) is 12.8 Å². The minimum Gasteiger partial charge on any atom is -0.396 e. The summed E-state index contributed by atoms with van der Waals surface area (Å²) in [6, 6.07) is 1.44. The van der Waals surface area contributed by atoms with Gasteiger partial charge in [-0.2, -0.15) is 4.98 Å². The lowest BCUT2D eigenvalue weighted by atomic mass is 9.99. The highest BCUT2D eigenvalue weighted by atomic mass is 16.3. The van der Waals surface area contributed by atoms with E-state index >= 15 is 0 Å². The molecule has 1 aromatic heterocycles. The largest absolute Gasteiger partial charge is 0.396 e. The zero-order valence-corrected chi connectivity index (χ0v) is 9.02. The fraction of sp³-hybridized carbons (Fsp3) is 0.600. The number of nitrogens with zero attached hydrogens (tertiary/aromatic N) is 2. The Morgan fingerprint density at radius 1 is 1.69 bits per heavy atom. The standard InChI is InChI=1S/C10H16N4O2/c11-10-12-8(4-9(16)13-10)14-3-1-2-7(5-14)6-15/h4,7,15H,1-3,5-6H2,(H3,11,12,13,16)/t7-/m1/s1. The first kappa shape index (κ1) is 10.9. The van der Waals surface area contributed by atoms with Gasteiger partial charge in [-0.25, -0.2) is 0 Å². The van der Waals surface area contributed by atoms with Crippen LogP contribution in [0, 0.1) is 5.92 Å². The number of hydrogen-bond acceptors (Lipinski definition) is 5. The molecule has 1 fully saturated rings. The van der Waals surface area contributed by atoms with Gasteiger partial charge in [-0.05, 0) is 18.8 Å². The van der Waals surface area contributed by atoms with Crippen LogP contribution in [-0.2, 0) is 0 Å². The number of piperidine rings is 1. The second-order valence-electron chi connectivity index (χ2n) is 4.13. The quantitative estimate of drug-likeness (QED) is 0.633. The van der Waals surface area contributed by atoms with E-state index in [1.54, 1.807) is 0 Å². The van der Waals surface area contributed by atoms with Crippen LogP contribution < -0.4 is 16.2 Å². The van der Waals surface area contributed by atoms with Gasteiger partial charge in [0.15, 0.2) is 0 Å². The Morgan fingerprint density at radius 2 is 2.50 bits per heavy atom. The van der Waals surface area contributed by atoms with E-state index in [9.17, 15) is 4.79 Å². The molecule has 1 aliphatic heterocycles. The fourth-order valence-electron chi connectivity index (χ4n) is 2.05. The van der Waals surface area contributed by atoms with Gasteiger partial charge in [-0.3, -0.25) is 9.78 Å². The molecule has 6 heteroatoms.